The third-order valence-electron chi connectivity index (χ3n) is 7.83. The normalized spacial score (nSPS) is 11.8. The van der Waals surface area contributed by atoms with Crippen molar-refractivity contribution in [1.82, 2.24) is 0 Å². The third-order valence-corrected chi connectivity index (χ3v) is 12.4. The van der Waals surface area contributed by atoms with E-state index in [-0.39, 0.29) is 11.0 Å². The number of rotatable bonds is 13. The molecule has 0 heterocycles. The van der Waals surface area contributed by atoms with E-state index in [1.165, 1.54) is 5.69 Å². The van der Waals surface area contributed by atoms with Crippen molar-refractivity contribution in [3.05, 3.63) is 72.3 Å². The van der Waals surface area contributed by atoms with Crippen molar-refractivity contribution >= 4 is 20.0 Å². The molecule has 0 radical (unpaired) electrons. The molecule has 0 aliphatic heterocycles. The van der Waals surface area contributed by atoms with Crippen LogP contribution in [-0.2, 0) is 9.16 Å². The molecule has 0 saturated heterocycles. The molecular formula is C34H47NO4Si. The van der Waals surface area contributed by atoms with Gasteiger partial charge in [-0.3, -0.25) is 0 Å². The zero-order valence-corrected chi connectivity index (χ0v) is 26.7. The summed E-state index contributed by atoms with van der Waals surface area (Å²) < 4.78 is 17.8. The Balaban J connectivity index is 1.84. The van der Waals surface area contributed by atoms with E-state index in [2.05, 4.69) is 95.1 Å². The topological polar surface area (TPSA) is 48.0 Å². The summed E-state index contributed by atoms with van der Waals surface area (Å²) in [5.41, 5.74) is 6.01. The highest BCUT2D eigenvalue weighted by Crippen LogP contribution is 2.37. The quantitative estimate of drug-likeness (QED) is 0.119. The summed E-state index contributed by atoms with van der Waals surface area (Å²) in [6.07, 6.45) is 0.837. The van der Waals surface area contributed by atoms with Crippen LogP contribution >= 0.6 is 0 Å². The summed E-state index contributed by atoms with van der Waals surface area (Å²) in [4.78, 5) is 14.4. The van der Waals surface area contributed by atoms with Crippen LogP contribution in [0.5, 0.6) is 5.75 Å². The Labute approximate surface area is 242 Å². The summed E-state index contributed by atoms with van der Waals surface area (Å²) >= 11 is 0. The Hall–Kier alpha value is -3.09. The number of nitrogens with zero attached hydrogens (tertiary/aromatic N) is 1. The van der Waals surface area contributed by atoms with Crippen molar-refractivity contribution in [2.24, 2.45) is 0 Å². The summed E-state index contributed by atoms with van der Waals surface area (Å²) in [5.74, 6) is 0.555. The monoisotopic (exact) mass is 561 g/mol. The Morgan fingerprint density at radius 2 is 1.40 bits per heavy atom. The first-order valence-electron chi connectivity index (χ1n) is 14.5. The number of carbonyl (C=O) groups is 1. The number of hydrogen-bond acceptors (Lipinski definition) is 5. The van der Waals surface area contributed by atoms with Gasteiger partial charge in [0.05, 0.1) is 18.8 Å². The molecule has 0 atom stereocenters. The number of carbonyl (C=O) groups excluding carboxylic acids is 1. The minimum Gasteiger partial charge on any atom is -0.493 e. The van der Waals surface area contributed by atoms with Crippen LogP contribution in [0, 0.1) is 0 Å². The Morgan fingerprint density at radius 3 is 1.98 bits per heavy atom. The molecule has 0 aromatic heterocycles. The van der Waals surface area contributed by atoms with Crippen molar-refractivity contribution in [3.8, 4) is 28.0 Å². The lowest BCUT2D eigenvalue weighted by molar-refractivity contribution is 0.0526. The van der Waals surface area contributed by atoms with E-state index < -0.39 is 8.32 Å². The van der Waals surface area contributed by atoms with Crippen LogP contribution in [0.4, 0.5) is 5.69 Å². The molecule has 0 spiro atoms. The van der Waals surface area contributed by atoms with Gasteiger partial charge in [-0.2, -0.15) is 0 Å². The molecule has 0 aliphatic carbocycles. The Morgan fingerprint density at radius 1 is 0.800 bits per heavy atom. The fourth-order valence-corrected chi connectivity index (χ4v) is 5.39. The average molecular weight is 562 g/mol. The molecule has 5 nitrogen and oxygen atoms in total. The van der Waals surface area contributed by atoms with Crippen molar-refractivity contribution < 1.29 is 18.7 Å². The molecule has 3 rings (SSSR count). The summed E-state index contributed by atoms with van der Waals surface area (Å²) in [7, 11) is -1.77. The lowest BCUT2D eigenvalue weighted by Gasteiger charge is -2.36. The third kappa shape index (κ3) is 7.98. The van der Waals surface area contributed by atoms with Gasteiger partial charge in [0.1, 0.15) is 5.75 Å². The van der Waals surface area contributed by atoms with E-state index in [9.17, 15) is 4.79 Å². The predicted octanol–water partition coefficient (Wildman–Crippen LogP) is 8.83. The van der Waals surface area contributed by atoms with Crippen LogP contribution in [0.1, 0.15) is 58.3 Å². The van der Waals surface area contributed by atoms with Gasteiger partial charge in [-0.1, -0.05) is 51.1 Å². The van der Waals surface area contributed by atoms with Crippen LogP contribution in [0.3, 0.4) is 0 Å². The highest BCUT2D eigenvalue weighted by Gasteiger charge is 2.36. The highest BCUT2D eigenvalue weighted by molar-refractivity contribution is 6.74. The maximum atomic E-state index is 12.1. The molecule has 0 amide bonds. The van der Waals surface area contributed by atoms with E-state index in [0.717, 1.165) is 47.5 Å². The van der Waals surface area contributed by atoms with Crippen molar-refractivity contribution in [2.75, 3.05) is 37.8 Å². The van der Waals surface area contributed by atoms with Gasteiger partial charge in [0.15, 0.2) is 8.32 Å². The van der Waals surface area contributed by atoms with Gasteiger partial charge in [-0.05, 0) is 92.0 Å². The standard InChI is InChI=1S/C34H47NO4Si/c1-9-35(10-2)30-20-17-27(18-21-30)31-25-29(26-13-15-28(16-14-26)33(36)37-11-3)19-22-32(31)38-23-12-24-39-40(7,8)34(4,5)6/h13-22,25H,9-12,23-24H2,1-8H3. The van der Waals surface area contributed by atoms with E-state index in [4.69, 9.17) is 13.9 Å². The van der Waals surface area contributed by atoms with Crippen LogP contribution < -0.4 is 9.64 Å². The van der Waals surface area contributed by atoms with Crippen molar-refractivity contribution in [3.63, 3.8) is 0 Å². The van der Waals surface area contributed by atoms with Crippen molar-refractivity contribution in [2.45, 2.75) is 66.1 Å². The zero-order chi connectivity index (χ0) is 29.3. The first-order chi connectivity index (χ1) is 19.0. The Bertz CT molecular complexity index is 1230. The van der Waals surface area contributed by atoms with E-state index >= 15 is 0 Å². The molecule has 6 heteroatoms. The first-order valence-corrected chi connectivity index (χ1v) is 17.4. The fourth-order valence-electron chi connectivity index (χ4n) is 4.30. The molecule has 216 valence electrons. The Kier molecular flexibility index (Phi) is 11.0. The molecule has 0 bridgehead atoms. The predicted molar refractivity (Wildman–Crippen MR) is 170 cm³/mol. The molecule has 0 unspecified atom stereocenters. The maximum Gasteiger partial charge on any atom is 0.338 e. The lowest BCUT2D eigenvalue weighted by Crippen LogP contribution is -2.41. The first kappa shape index (κ1) is 31.4. The number of hydrogen-bond donors (Lipinski definition) is 0. The molecule has 0 N–H and O–H groups in total. The van der Waals surface area contributed by atoms with Gasteiger partial charge in [-0.15, -0.1) is 0 Å². The molecular weight excluding hydrogens is 514 g/mol. The van der Waals surface area contributed by atoms with Gasteiger partial charge >= 0.3 is 5.97 Å². The molecule has 3 aromatic rings. The number of ether oxygens (including phenoxy) is 2. The summed E-state index contributed by atoms with van der Waals surface area (Å²) in [6, 6.07) is 22.6. The second-order valence-corrected chi connectivity index (χ2v) is 16.3. The molecule has 0 saturated carbocycles. The second kappa shape index (κ2) is 14.0. The van der Waals surface area contributed by atoms with Crippen LogP contribution in [0.15, 0.2) is 66.7 Å². The largest absolute Gasteiger partial charge is 0.493 e. The fraction of sp³-hybridized carbons (Fsp3) is 0.441. The SMILES string of the molecule is CCOC(=O)c1ccc(-c2ccc(OCCCO[Si](C)(C)C(C)(C)C)c(-c3ccc(N(CC)CC)cc3)c2)cc1. The number of esters is 1. The van der Waals surface area contributed by atoms with Crippen LogP contribution in [-0.4, -0.2) is 47.2 Å². The average Bonchev–Trinajstić information content (AvgIpc) is 2.93. The van der Waals surface area contributed by atoms with Gasteiger partial charge in [0.2, 0.25) is 0 Å². The lowest BCUT2D eigenvalue weighted by atomic mass is 9.97. The highest BCUT2D eigenvalue weighted by atomic mass is 28.4. The van der Waals surface area contributed by atoms with E-state index in [0.29, 0.717) is 25.4 Å². The second-order valence-electron chi connectivity index (χ2n) is 11.5. The van der Waals surface area contributed by atoms with Gasteiger partial charge < -0.3 is 18.8 Å². The minimum absolute atomic E-state index is 0.197. The van der Waals surface area contributed by atoms with Crippen LogP contribution in [0.2, 0.25) is 18.1 Å². The van der Waals surface area contributed by atoms with Crippen molar-refractivity contribution in [1.29, 1.82) is 0 Å². The van der Waals surface area contributed by atoms with Gasteiger partial charge in [0.25, 0.3) is 0 Å². The number of anilines is 1. The number of benzene rings is 3. The smallest absolute Gasteiger partial charge is 0.338 e. The van der Waals surface area contributed by atoms with Crippen LogP contribution in [0.25, 0.3) is 22.3 Å². The molecule has 3 aromatic carbocycles. The molecule has 0 fully saturated rings. The van der Waals surface area contributed by atoms with Gasteiger partial charge in [-0.25, -0.2) is 4.79 Å². The minimum atomic E-state index is -1.77. The molecule has 40 heavy (non-hydrogen) atoms. The van der Waals surface area contributed by atoms with E-state index in [1.54, 1.807) is 0 Å². The molecule has 0 aliphatic rings. The summed E-state index contributed by atoms with van der Waals surface area (Å²) in [6.45, 7) is 21.1. The zero-order valence-electron chi connectivity index (χ0n) is 25.7. The van der Waals surface area contributed by atoms with Gasteiger partial charge in [0, 0.05) is 37.4 Å². The van der Waals surface area contributed by atoms with E-state index in [1.807, 2.05) is 31.2 Å². The summed E-state index contributed by atoms with van der Waals surface area (Å²) in [5, 5.41) is 0.197. The maximum absolute atomic E-state index is 12.1.